The second kappa shape index (κ2) is 5.48. The molecule has 2 aliphatic rings. The second-order valence-corrected chi connectivity index (χ2v) is 4.95. The van der Waals surface area contributed by atoms with Crippen LogP contribution in [0.3, 0.4) is 0 Å². The maximum absolute atomic E-state index is 12.3. The topological polar surface area (TPSA) is 32.3 Å². The molecule has 0 aromatic heterocycles. The van der Waals surface area contributed by atoms with Crippen molar-refractivity contribution in [3.05, 3.63) is 11.6 Å². The molecule has 0 aromatic rings. The molecular formula is C13H22N2O. The van der Waals surface area contributed by atoms with Crippen LogP contribution in [0.4, 0.5) is 0 Å². The van der Waals surface area contributed by atoms with Crippen molar-refractivity contribution in [3.63, 3.8) is 0 Å². The molecule has 0 saturated carbocycles. The lowest BCUT2D eigenvalue weighted by Crippen LogP contribution is -2.47. The van der Waals surface area contributed by atoms with Gasteiger partial charge in [-0.25, -0.2) is 0 Å². The molecule has 3 nitrogen and oxygen atoms in total. The third-order valence-electron chi connectivity index (χ3n) is 3.50. The zero-order chi connectivity index (χ0) is 11.4. The van der Waals surface area contributed by atoms with Crippen LogP contribution in [0.5, 0.6) is 0 Å². The highest BCUT2D eigenvalue weighted by Crippen LogP contribution is 2.14. The largest absolute Gasteiger partial charge is 0.337 e. The summed E-state index contributed by atoms with van der Waals surface area (Å²) in [5.74, 6) is 0.314. The van der Waals surface area contributed by atoms with Crippen LogP contribution >= 0.6 is 0 Å². The van der Waals surface area contributed by atoms with E-state index in [1.807, 2.05) is 4.90 Å². The van der Waals surface area contributed by atoms with E-state index in [0.29, 0.717) is 5.91 Å². The molecule has 1 N–H and O–H groups in total. The number of nitrogens with zero attached hydrogens (tertiary/aromatic N) is 1. The van der Waals surface area contributed by atoms with Gasteiger partial charge in [-0.05, 0) is 32.7 Å². The van der Waals surface area contributed by atoms with Crippen molar-refractivity contribution in [2.24, 2.45) is 0 Å². The molecule has 1 amide bonds. The number of carbonyl (C=O) groups excluding carboxylic acids is 1. The van der Waals surface area contributed by atoms with E-state index in [9.17, 15) is 4.79 Å². The summed E-state index contributed by atoms with van der Waals surface area (Å²) in [7, 11) is 0. The van der Waals surface area contributed by atoms with Gasteiger partial charge < -0.3 is 10.2 Å². The van der Waals surface area contributed by atoms with Crippen molar-refractivity contribution >= 4 is 5.91 Å². The average molecular weight is 222 g/mol. The first-order chi connectivity index (χ1) is 7.77. The molecule has 2 aliphatic heterocycles. The average Bonchev–Trinajstić information content (AvgIpc) is 2.56. The Balaban J connectivity index is 1.93. The fourth-order valence-corrected chi connectivity index (χ4v) is 2.56. The van der Waals surface area contributed by atoms with Crippen molar-refractivity contribution in [3.8, 4) is 0 Å². The first-order valence-corrected chi connectivity index (χ1v) is 6.45. The standard InChI is InChI=1S/C13H22N2O/c1-11-6-5-9-15(10-11)13(16)12-7-3-2-4-8-14-12/h6,12,14H,2-5,7-10H2,1H3. The summed E-state index contributed by atoms with van der Waals surface area (Å²) < 4.78 is 0. The van der Waals surface area contributed by atoms with Crippen LogP contribution in [0.25, 0.3) is 0 Å². The summed E-state index contributed by atoms with van der Waals surface area (Å²) in [6.45, 7) is 4.84. The van der Waals surface area contributed by atoms with Crippen molar-refractivity contribution in [1.82, 2.24) is 10.2 Å². The first kappa shape index (κ1) is 11.6. The Kier molecular flexibility index (Phi) is 3.99. The molecule has 90 valence electrons. The molecule has 2 rings (SSSR count). The summed E-state index contributed by atoms with van der Waals surface area (Å²) in [6, 6.07) is 0.0772. The van der Waals surface area contributed by atoms with E-state index in [0.717, 1.165) is 32.5 Å². The van der Waals surface area contributed by atoms with Gasteiger partial charge in [-0.1, -0.05) is 24.5 Å². The van der Waals surface area contributed by atoms with Gasteiger partial charge in [0.15, 0.2) is 0 Å². The Morgan fingerprint density at radius 3 is 3.12 bits per heavy atom. The summed E-state index contributed by atoms with van der Waals surface area (Å²) in [6.07, 6.45) is 7.93. The predicted octanol–water partition coefficient (Wildman–Crippen LogP) is 1.70. The monoisotopic (exact) mass is 222 g/mol. The lowest BCUT2D eigenvalue weighted by Gasteiger charge is -2.30. The Morgan fingerprint density at radius 2 is 2.31 bits per heavy atom. The highest BCUT2D eigenvalue weighted by Gasteiger charge is 2.25. The van der Waals surface area contributed by atoms with Crippen molar-refractivity contribution in [1.29, 1.82) is 0 Å². The molecule has 0 aliphatic carbocycles. The van der Waals surface area contributed by atoms with Crippen LogP contribution in [0.2, 0.25) is 0 Å². The summed E-state index contributed by atoms with van der Waals surface area (Å²) in [5.41, 5.74) is 1.33. The van der Waals surface area contributed by atoms with E-state index >= 15 is 0 Å². The molecule has 3 heteroatoms. The van der Waals surface area contributed by atoms with Crippen molar-refractivity contribution in [2.75, 3.05) is 19.6 Å². The van der Waals surface area contributed by atoms with E-state index < -0.39 is 0 Å². The molecule has 0 aromatic carbocycles. The maximum atomic E-state index is 12.3. The van der Waals surface area contributed by atoms with Crippen LogP contribution in [-0.2, 0) is 4.79 Å². The van der Waals surface area contributed by atoms with Gasteiger partial charge in [-0.2, -0.15) is 0 Å². The van der Waals surface area contributed by atoms with Crippen LogP contribution in [-0.4, -0.2) is 36.5 Å². The van der Waals surface area contributed by atoms with Gasteiger partial charge in [0.25, 0.3) is 0 Å². The maximum Gasteiger partial charge on any atom is 0.240 e. The van der Waals surface area contributed by atoms with Gasteiger partial charge in [0.2, 0.25) is 5.91 Å². The molecular weight excluding hydrogens is 200 g/mol. The third kappa shape index (κ3) is 2.85. The summed E-state index contributed by atoms with van der Waals surface area (Å²) >= 11 is 0. The molecule has 1 saturated heterocycles. The fraction of sp³-hybridized carbons (Fsp3) is 0.769. The number of amides is 1. The van der Waals surface area contributed by atoms with Gasteiger partial charge in [0.05, 0.1) is 6.04 Å². The molecule has 1 fully saturated rings. The smallest absolute Gasteiger partial charge is 0.240 e. The van der Waals surface area contributed by atoms with Gasteiger partial charge in [-0.15, -0.1) is 0 Å². The van der Waals surface area contributed by atoms with Gasteiger partial charge in [-0.3, -0.25) is 4.79 Å². The van der Waals surface area contributed by atoms with Crippen LogP contribution in [0.1, 0.15) is 39.0 Å². The summed E-state index contributed by atoms with van der Waals surface area (Å²) in [5, 5.41) is 3.38. The normalized spacial score (nSPS) is 27.2. The number of rotatable bonds is 1. The lowest BCUT2D eigenvalue weighted by molar-refractivity contribution is -0.133. The minimum absolute atomic E-state index is 0.0772. The molecule has 2 heterocycles. The summed E-state index contributed by atoms with van der Waals surface area (Å²) in [4.78, 5) is 14.3. The Hall–Kier alpha value is -0.830. The van der Waals surface area contributed by atoms with Crippen LogP contribution < -0.4 is 5.32 Å². The molecule has 0 spiro atoms. The lowest BCUT2D eigenvalue weighted by atomic mass is 10.1. The van der Waals surface area contributed by atoms with Gasteiger partial charge >= 0.3 is 0 Å². The Labute approximate surface area is 97.9 Å². The highest BCUT2D eigenvalue weighted by molar-refractivity contribution is 5.82. The SMILES string of the molecule is CC1=CCCN(C(=O)C2CCCCCN2)C1. The number of nitrogens with one attached hydrogen (secondary N) is 1. The van der Waals surface area contributed by atoms with Crippen LogP contribution in [0.15, 0.2) is 11.6 Å². The highest BCUT2D eigenvalue weighted by atomic mass is 16.2. The third-order valence-corrected chi connectivity index (χ3v) is 3.50. The van der Waals surface area contributed by atoms with E-state index in [-0.39, 0.29) is 6.04 Å². The number of hydrogen-bond donors (Lipinski definition) is 1. The number of carbonyl (C=O) groups is 1. The predicted molar refractivity (Wildman–Crippen MR) is 65.2 cm³/mol. The van der Waals surface area contributed by atoms with Gasteiger partial charge in [0, 0.05) is 13.1 Å². The van der Waals surface area contributed by atoms with Crippen LogP contribution in [0, 0.1) is 0 Å². The Morgan fingerprint density at radius 1 is 1.44 bits per heavy atom. The molecule has 1 unspecified atom stereocenters. The zero-order valence-corrected chi connectivity index (χ0v) is 10.2. The second-order valence-electron chi connectivity index (χ2n) is 4.95. The van der Waals surface area contributed by atoms with Crippen molar-refractivity contribution < 1.29 is 4.79 Å². The zero-order valence-electron chi connectivity index (χ0n) is 10.2. The van der Waals surface area contributed by atoms with E-state index in [1.54, 1.807) is 0 Å². The molecule has 0 radical (unpaired) electrons. The van der Waals surface area contributed by atoms with E-state index in [1.165, 1.54) is 24.8 Å². The minimum atomic E-state index is 0.0772. The van der Waals surface area contributed by atoms with Crippen molar-refractivity contribution in [2.45, 2.75) is 45.1 Å². The quantitative estimate of drug-likeness (QED) is 0.685. The fourth-order valence-electron chi connectivity index (χ4n) is 2.56. The first-order valence-electron chi connectivity index (χ1n) is 6.45. The molecule has 16 heavy (non-hydrogen) atoms. The molecule has 1 atom stereocenters. The molecule has 0 bridgehead atoms. The van der Waals surface area contributed by atoms with E-state index in [4.69, 9.17) is 0 Å². The number of hydrogen-bond acceptors (Lipinski definition) is 2. The van der Waals surface area contributed by atoms with E-state index in [2.05, 4.69) is 18.3 Å². The Bertz CT molecular complexity index is 278. The van der Waals surface area contributed by atoms with Gasteiger partial charge in [0.1, 0.15) is 0 Å². The minimum Gasteiger partial charge on any atom is -0.337 e.